The normalized spacial score (nSPS) is 14.8. The van der Waals surface area contributed by atoms with Gasteiger partial charge in [0.2, 0.25) is 5.91 Å². The van der Waals surface area contributed by atoms with Crippen molar-refractivity contribution in [3.8, 4) is 0 Å². The molecule has 1 saturated heterocycles. The number of amides is 1. The van der Waals surface area contributed by atoms with Crippen LogP contribution in [0.15, 0.2) is 45.8 Å². The molecule has 4 rings (SSSR count). The molecule has 0 unspecified atom stereocenters. The van der Waals surface area contributed by atoms with Gasteiger partial charge in [0, 0.05) is 18.1 Å². The predicted octanol–water partition coefficient (Wildman–Crippen LogP) is 3.46. The molecule has 0 spiro atoms. The third-order valence-electron chi connectivity index (χ3n) is 5.14. The highest BCUT2D eigenvalue weighted by atomic mass is 32.2. The molecule has 0 aliphatic carbocycles. The van der Waals surface area contributed by atoms with Crippen molar-refractivity contribution in [3.63, 3.8) is 0 Å². The third-order valence-corrected chi connectivity index (χ3v) is 6.81. The quantitative estimate of drug-likeness (QED) is 0.424. The Morgan fingerprint density at radius 2 is 2.00 bits per heavy atom. The largest absolute Gasteiger partial charge is 0.303 e. The molecule has 0 saturated carbocycles. The van der Waals surface area contributed by atoms with Gasteiger partial charge >= 0.3 is 0 Å². The van der Waals surface area contributed by atoms with Gasteiger partial charge in [-0.05, 0) is 51.0 Å². The number of aromatic nitrogens is 3. The van der Waals surface area contributed by atoms with E-state index in [2.05, 4.69) is 20.2 Å². The zero-order valence-corrected chi connectivity index (χ0v) is 18.4. The number of carbonyl (C=O) groups is 1. The highest BCUT2D eigenvalue weighted by Gasteiger charge is 2.15. The van der Waals surface area contributed by atoms with Crippen molar-refractivity contribution in [2.24, 2.45) is 0 Å². The van der Waals surface area contributed by atoms with Gasteiger partial charge in [-0.25, -0.2) is 9.97 Å². The van der Waals surface area contributed by atoms with E-state index in [0.717, 1.165) is 26.1 Å². The number of para-hydroxylation sites is 1. The van der Waals surface area contributed by atoms with E-state index in [1.54, 1.807) is 10.8 Å². The third kappa shape index (κ3) is 5.27. The zero-order valence-electron chi connectivity index (χ0n) is 16.7. The van der Waals surface area contributed by atoms with Crippen LogP contribution in [0, 0.1) is 0 Å². The average molecular weight is 444 g/mol. The molecule has 0 radical (unpaired) electrons. The van der Waals surface area contributed by atoms with Crippen LogP contribution >= 0.6 is 23.1 Å². The highest BCUT2D eigenvalue weighted by Crippen LogP contribution is 2.19. The lowest BCUT2D eigenvalue weighted by molar-refractivity contribution is -0.113. The number of anilines is 1. The number of thioether (sulfide) groups is 1. The van der Waals surface area contributed by atoms with Crippen LogP contribution in [-0.2, 0) is 11.3 Å². The maximum atomic E-state index is 13.1. The van der Waals surface area contributed by atoms with E-state index in [4.69, 9.17) is 0 Å². The number of likely N-dealkylation sites (tertiary alicyclic amines) is 1. The fourth-order valence-corrected chi connectivity index (χ4v) is 5.03. The lowest BCUT2D eigenvalue weighted by Crippen LogP contribution is -2.32. The summed E-state index contributed by atoms with van der Waals surface area (Å²) in [4.78, 5) is 36.6. The van der Waals surface area contributed by atoms with Crippen LogP contribution in [-0.4, -0.2) is 50.7 Å². The van der Waals surface area contributed by atoms with Crippen LogP contribution in [0.5, 0.6) is 0 Å². The highest BCUT2D eigenvalue weighted by molar-refractivity contribution is 7.99. The minimum absolute atomic E-state index is 0.0397. The molecule has 1 aromatic carbocycles. The smallest absolute Gasteiger partial charge is 0.262 e. The first-order valence-electron chi connectivity index (χ1n) is 10.2. The van der Waals surface area contributed by atoms with Gasteiger partial charge in [0.25, 0.3) is 5.56 Å². The minimum Gasteiger partial charge on any atom is -0.303 e. The Morgan fingerprint density at radius 3 is 2.80 bits per heavy atom. The Balaban J connectivity index is 1.48. The number of hydrogen-bond donors (Lipinski definition) is 1. The fourth-order valence-electron chi connectivity index (χ4n) is 3.66. The summed E-state index contributed by atoms with van der Waals surface area (Å²) in [6.45, 7) is 3.87. The fraction of sp³-hybridized carbons (Fsp3) is 0.429. The molecule has 1 aliphatic rings. The topological polar surface area (TPSA) is 80.1 Å². The number of carbonyl (C=O) groups excluding carboxylic acids is 1. The molecule has 1 amide bonds. The first kappa shape index (κ1) is 21.0. The second-order valence-electron chi connectivity index (χ2n) is 7.30. The van der Waals surface area contributed by atoms with Crippen molar-refractivity contribution in [1.29, 1.82) is 0 Å². The van der Waals surface area contributed by atoms with Crippen molar-refractivity contribution in [1.82, 2.24) is 19.4 Å². The molecule has 2 aromatic heterocycles. The van der Waals surface area contributed by atoms with E-state index in [9.17, 15) is 9.59 Å². The summed E-state index contributed by atoms with van der Waals surface area (Å²) in [7, 11) is 0. The SMILES string of the molecule is O=C(CSc1nc2ccccc2c(=O)n1CCCN1CCCCC1)Nc1nccs1. The van der Waals surface area contributed by atoms with Gasteiger partial charge in [-0.3, -0.25) is 14.2 Å². The molecule has 1 N–H and O–H groups in total. The number of piperidine rings is 1. The summed E-state index contributed by atoms with van der Waals surface area (Å²) >= 11 is 2.67. The van der Waals surface area contributed by atoms with Crippen molar-refractivity contribution >= 4 is 45.0 Å². The van der Waals surface area contributed by atoms with E-state index < -0.39 is 0 Å². The zero-order chi connectivity index (χ0) is 20.8. The van der Waals surface area contributed by atoms with Crippen LogP contribution in [0.25, 0.3) is 10.9 Å². The summed E-state index contributed by atoms with van der Waals surface area (Å²) < 4.78 is 1.73. The molecule has 7 nitrogen and oxygen atoms in total. The Kier molecular flexibility index (Phi) is 7.14. The Morgan fingerprint density at radius 1 is 1.17 bits per heavy atom. The standard InChI is InChI=1S/C21H25N5O2S2/c27-18(24-20-22-9-14-29-20)15-30-21-23-17-8-3-2-7-16(17)19(28)26(21)13-6-12-25-10-4-1-5-11-25/h2-3,7-9,14H,1,4-6,10-13,15H2,(H,22,24,27). The number of nitrogens with zero attached hydrogens (tertiary/aromatic N) is 4. The second kappa shape index (κ2) is 10.2. The van der Waals surface area contributed by atoms with Crippen molar-refractivity contribution < 1.29 is 4.79 Å². The van der Waals surface area contributed by atoms with E-state index in [0.29, 0.717) is 27.7 Å². The summed E-state index contributed by atoms with van der Waals surface area (Å²) in [5.74, 6) is 0.0217. The molecule has 0 atom stereocenters. The number of rotatable bonds is 8. The van der Waals surface area contributed by atoms with Crippen LogP contribution in [0.3, 0.4) is 0 Å². The molecule has 158 valence electrons. The molecule has 3 aromatic rings. The number of thiazole rings is 1. The molecule has 1 fully saturated rings. The molecule has 0 bridgehead atoms. The minimum atomic E-state index is -0.155. The van der Waals surface area contributed by atoms with Gasteiger partial charge in [0.05, 0.1) is 16.7 Å². The summed E-state index contributed by atoms with van der Waals surface area (Å²) in [5.41, 5.74) is 0.625. The van der Waals surface area contributed by atoms with Gasteiger partial charge < -0.3 is 10.2 Å². The lowest BCUT2D eigenvalue weighted by atomic mass is 10.1. The molecule has 9 heteroatoms. The average Bonchev–Trinajstić information content (AvgIpc) is 3.28. The van der Waals surface area contributed by atoms with Crippen molar-refractivity contribution in [2.75, 3.05) is 30.7 Å². The van der Waals surface area contributed by atoms with Gasteiger partial charge in [-0.15, -0.1) is 11.3 Å². The first-order chi connectivity index (χ1) is 14.7. The van der Waals surface area contributed by atoms with Gasteiger partial charge in [0.1, 0.15) is 0 Å². The number of nitrogens with one attached hydrogen (secondary N) is 1. The van der Waals surface area contributed by atoms with E-state index in [1.165, 1.54) is 42.4 Å². The Bertz CT molecular complexity index is 1050. The summed E-state index contributed by atoms with van der Waals surface area (Å²) in [6, 6.07) is 7.39. The maximum Gasteiger partial charge on any atom is 0.262 e. The summed E-state index contributed by atoms with van der Waals surface area (Å²) in [5, 5.41) is 6.37. The van der Waals surface area contributed by atoms with Crippen LogP contribution in [0.2, 0.25) is 0 Å². The molecule has 3 heterocycles. The van der Waals surface area contributed by atoms with E-state index in [1.807, 2.05) is 29.6 Å². The molecule has 1 aliphatic heterocycles. The monoisotopic (exact) mass is 443 g/mol. The molecular formula is C21H25N5O2S2. The Labute approximate surface area is 183 Å². The number of fused-ring (bicyclic) bond motifs is 1. The number of hydrogen-bond acceptors (Lipinski definition) is 7. The van der Waals surface area contributed by atoms with E-state index >= 15 is 0 Å². The number of benzene rings is 1. The van der Waals surface area contributed by atoms with Gasteiger partial charge in [-0.2, -0.15) is 0 Å². The first-order valence-corrected chi connectivity index (χ1v) is 12.1. The van der Waals surface area contributed by atoms with Crippen molar-refractivity contribution in [3.05, 3.63) is 46.2 Å². The van der Waals surface area contributed by atoms with Crippen LogP contribution in [0.1, 0.15) is 25.7 Å². The maximum absolute atomic E-state index is 13.1. The predicted molar refractivity (Wildman–Crippen MR) is 122 cm³/mol. The molecule has 30 heavy (non-hydrogen) atoms. The molecular weight excluding hydrogens is 418 g/mol. The van der Waals surface area contributed by atoms with Crippen molar-refractivity contribution in [2.45, 2.75) is 37.4 Å². The van der Waals surface area contributed by atoms with Crippen LogP contribution in [0.4, 0.5) is 5.13 Å². The lowest BCUT2D eigenvalue weighted by Gasteiger charge is -2.26. The van der Waals surface area contributed by atoms with Crippen LogP contribution < -0.4 is 10.9 Å². The Hall–Kier alpha value is -2.23. The second-order valence-corrected chi connectivity index (χ2v) is 9.14. The summed E-state index contributed by atoms with van der Waals surface area (Å²) in [6.07, 6.45) is 6.37. The van der Waals surface area contributed by atoms with Gasteiger partial charge in [-0.1, -0.05) is 30.3 Å². The van der Waals surface area contributed by atoms with E-state index in [-0.39, 0.29) is 17.2 Å². The van der Waals surface area contributed by atoms with Gasteiger partial charge in [0.15, 0.2) is 10.3 Å².